The Bertz CT molecular complexity index is 687. The van der Waals surface area contributed by atoms with Crippen LogP contribution in [-0.4, -0.2) is 26.6 Å². The highest BCUT2D eigenvalue weighted by molar-refractivity contribution is 5.30. The lowest BCUT2D eigenvalue weighted by molar-refractivity contribution is -0.0945. The summed E-state index contributed by atoms with van der Waals surface area (Å²) in [6.07, 6.45) is 17.3. The van der Waals surface area contributed by atoms with Crippen molar-refractivity contribution in [2.45, 2.75) is 105 Å². The number of nitrogens with one attached hydrogen (secondary N) is 2. The maximum absolute atomic E-state index is 6.12. The Morgan fingerprint density at radius 1 is 0.943 bits per heavy atom. The number of rotatable bonds is 13. The minimum Gasteiger partial charge on any atom is -0.495 e. The summed E-state index contributed by atoms with van der Waals surface area (Å²) >= 11 is 0. The van der Waals surface area contributed by atoms with Crippen molar-refractivity contribution in [3.8, 4) is 5.75 Å². The summed E-state index contributed by atoms with van der Waals surface area (Å²) < 4.78 is 17.6. The number of unbranched alkanes of at least 4 members (excludes halogenated alkanes) is 5. The molecule has 2 N–H and O–H groups in total. The van der Waals surface area contributed by atoms with E-state index in [-0.39, 0.29) is 12.5 Å². The first-order valence-electron chi connectivity index (χ1n) is 14.1. The summed E-state index contributed by atoms with van der Waals surface area (Å²) in [4.78, 5) is 0. The fraction of sp³-hybridized carbons (Fsp3) is 0.667. The van der Waals surface area contributed by atoms with E-state index in [1.165, 1.54) is 37.7 Å². The lowest BCUT2D eigenvalue weighted by atomic mass is 9.94. The van der Waals surface area contributed by atoms with Crippen LogP contribution in [0.15, 0.2) is 48.4 Å². The third-order valence-electron chi connectivity index (χ3n) is 6.07. The average Bonchev–Trinajstić information content (AvgIpc) is 2.94. The molecule has 35 heavy (non-hydrogen) atoms. The maximum Gasteiger partial charge on any atom is 0.202 e. The number of allylic oxidation sites excluding steroid dienone is 2. The van der Waals surface area contributed by atoms with Crippen LogP contribution in [0.4, 0.5) is 0 Å². The summed E-state index contributed by atoms with van der Waals surface area (Å²) in [5.74, 6) is 2.24. The van der Waals surface area contributed by atoms with Crippen molar-refractivity contribution >= 4 is 0 Å². The van der Waals surface area contributed by atoms with Crippen molar-refractivity contribution in [2.75, 3.05) is 20.3 Å². The van der Waals surface area contributed by atoms with Crippen molar-refractivity contribution in [1.29, 1.82) is 0 Å². The minimum absolute atomic E-state index is 0.0807. The van der Waals surface area contributed by atoms with Crippen molar-refractivity contribution in [3.63, 3.8) is 0 Å². The number of benzene rings is 1. The van der Waals surface area contributed by atoms with E-state index < -0.39 is 0 Å². The first-order valence-corrected chi connectivity index (χ1v) is 14.1. The largest absolute Gasteiger partial charge is 0.495 e. The highest BCUT2D eigenvalue weighted by Gasteiger charge is 2.23. The normalized spacial score (nSPS) is 19.7. The SMILES string of the molecule is CC.CC.CCCCCCCCOC1=CNC(c2ccc(OC(OC)C3CC=CCC3)cc2)NC1. The fourth-order valence-electron chi connectivity index (χ4n) is 4.16. The van der Waals surface area contributed by atoms with Crippen molar-refractivity contribution in [3.05, 3.63) is 53.9 Å². The van der Waals surface area contributed by atoms with Gasteiger partial charge in [0.25, 0.3) is 0 Å². The lowest BCUT2D eigenvalue weighted by Crippen LogP contribution is -2.37. The van der Waals surface area contributed by atoms with Crippen LogP contribution >= 0.6 is 0 Å². The summed E-state index contributed by atoms with van der Waals surface area (Å²) in [5, 5.41) is 6.91. The Morgan fingerprint density at radius 2 is 1.66 bits per heavy atom. The number of ether oxygens (including phenoxy) is 3. The van der Waals surface area contributed by atoms with E-state index in [0.717, 1.165) is 50.3 Å². The van der Waals surface area contributed by atoms with Gasteiger partial charge < -0.3 is 19.5 Å². The Hall–Kier alpha value is -1.98. The minimum atomic E-state index is -0.198. The molecular weight excluding hydrogens is 436 g/mol. The Kier molecular flexibility index (Phi) is 18.0. The molecule has 0 saturated carbocycles. The van der Waals surface area contributed by atoms with Crippen LogP contribution in [0.2, 0.25) is 0 Å². The summed E-state index contributed by atoms with van der Waals surface area (Å²) in [5.41, 5.74) is 1.17. The molecule has 5 nitrogen and oxygen atoms in total. The van der Waals surface area contributed by atoms with Gasteiger partial charge in [0.1, 0.15) is 17.7 Å². The highest BCUT2D eigenvalue weighted by Crippen LogP contribution is 2.27. The van der Waals surface area contributed by atoms with E-state index in [4.69, 9.17) is 14.2 Å². The van der Waals surface area contributed by atoms with Crippen LogP contribution in [0, 0.1) is 5.92 Å². The van der Waals surface area contributed by atoms with Gasteiger partial charge in [-0.25, -0.2) is 0 Å². The Balaban J connectivity index is 0.00000145. The third kappa shape index (κ3) is 12.0. The second-order valence-corrected chi connectivity index (χ2v) is 8.54. The third-order valence-corrected chi connectivity index (χ3v) is 6.07. The van der Waals surface area contributed by atoms with Crippen LogP contribution in [0.3, 0.4) is 0 Å². The molecule has 2 aliphatic rings. The Labute approximate surface area is 215 Å². The maximum atomic E-state index is 6.12. The van der Waals surface area contributed by atoms with Crippen molar-refractivity contribution < 1.29 is 14.2 Å². The summed E-state index contributed by atoms with van der Waals surface area (Å²) in [7, 11) is 1.73. The molecule has 0 bridgehead atoms. The van der Waals surface area contributed by atoms with E-state index in [2.05, 4.69) is 41.8 Å². The van der Waals surface area contributed by atoms with Gasteiger partial charge in [-0.1, -0.05) is 91.0 Å². The van der Waals surface area contributed by atoms with Crippen LogP contribution in [0.25, 0.3) is 0 Å². The van der Waals surface area contributed by atoms with Gasteiger partial charge in [-0.15, -0.1) is 0 Å². The van der Waals surface area contributed by atoms with Gasteiger partial charge in [0.2, 0.25) is 6.29 Å². The van der Waals surface area contributed by atoms with E-state index in [1.807, 2.05) is 46.0 Å². The van der Waals surface area contributed by atoms with Crippen LogP contribution in [0.5, 0.6) is 5.75 Å². The second kappa shape index (κ2) is 20.2. The standard InChI is InChI=1S/C26H40N2O3.2C2H6/c1-3-4-5-6-7-11-18-30-24-19-27-25(28-20-24)21-14-16-23(17-15-21)31-26(29-2)22-12-9-8-10-13-22;2*1-2/h8-9,14-17,19,22,25-28H,3-7,10-13,18,20H2,1-2H3;2*1-2H3. The molecule has 0 amide bonds. The van der Waals surface area contributed by atoms with Gasteiger partial charge in [-0.3, -0.25) is 5.32 Å². The summed E-state index contributed by atoms with van der Waals surface area (Å²) in [6, 6.07) is 8.25. The molecule has 0 fully saturated rings. The molecule has 0 radical (unpaired) electrons. The quantitative estimate of drug-likeness (QED) is 0.168. The molecule has 1 aromatic rings. The molecule has 1 aliphatic heterocycles. The van der Waals surface area contributed by atoms with Gasteiger partial charge >= 0.3 is 0 Å². The van der Waals surface area contributed by atoms with E-state index in [1.54, 1.807) is 7.11 Å². The van der Waals surface area contributed by atoms with Gasteiger partial charge in [-0.05, 0) is 43.4 Å². The van der Waals surface area contributed by atoms with Crippen molar-refractivity contribution in [1.82, 2.24) is 10.6 Å². The molecule has 5 heteroatoms. The van der Waals surface area contributed by atoms with Gasteiger partial charge in [0.15, 0.2) is 0 Å². The smallest absolute Gasteiger partial charge is 0.202 e. The average molecular weight is 489 g/mol. The van der Waals surface area contributed by atoms with Crippen LogP contribution in [0.1, 0.15) is 104 Å². The lowest BCUT2D eigenvalue weighted by Gasteiger charge is -2.28. The first-order chi connectivity index (χ1) is 17.3. The molecule has 3 unspecified atom stereocenters. The van der Waals surface area contributed by atoms with Gasteiger partial charge in [-0.2, -0.15) is 0 Å². The topological polar surface area (TPSA) is 51.8 Å². The highest BCUT2D eigenvalue weighted by atomic mass is 16.7. The first kappa shape index (κ1) is 31.1. The zero-order valence-corrected chi connectivity index (χ0v) is 23.3. The zero-order valence-electron chi connectivity index (χ0n) is 23.3. The fourth-order valence-corrected chi connectivity index (χ4v) is 4.16. The molecule has 3 atom stereocenters. The molecule has 1 heterocycles. The number of methoxy groups -OCH3 is 1. The molecule has 0 spiro atoms. The van der Waals surface area contributed by atoms with Gasteiger partial charge in [0, 0.05) is 19.2 Å². The molecule has 0 aromatic heterocycles. The second-order valence-electron chi connectivity index (χ2n) is 8.54. The van der Waals surface area contributed by atoms with Crippen LogP contribution in [-0.2, 0) is 9.47 Å². The molecule has 3 rings (SSSR count). The Morgan fingerprint density at radius 3 is 2.26 bits per heavy atom. The molecule has 1 aliphatic carbocycles. The zero-order chi connectivity index (χ0) is 25.7. The van der Waals surface area contributed by atoms with Crippen molar-refractivity contribution in [2.24, 2.45) is 5.92 Å². The van der Waals surface area contributed by atoms with E-state index >= 15 is 0 Å². The number of hydrogen-bond acceptors (Lipinski definition) is 5. The predicted molar refractivity (Wildman–Crippen MR) is 148 cm³/mol. The molecule has 1 aromatic carbocycles. The number of hydrogen-bond donors (Lipinski definition) is 2. The van der Waals surface area contributed by atoms with Gasteiger partial charge in [0.05, 0.1) is 13.2 Å². The van der Waals surface area contributed by atoms with E-state index in [9.17, 15) is 0 Å². The monoisotopic (exact) mass is 488 g/mol. The molecular formula is C30H52N2O3. The predicted octanol–water partition coefficient (Wildman–Crippen LogP) is 7.86. The summed E-state index contributed by atoms with van der Waals surface area (Å²) in [6.45, 7) is 11.8. The molecule has 200 valence electrons. The van der Waals surface area contributed by atoms with Crippen LogP contribution < -0.4 is 15.4 Å². The van der Waals surface area contributed by atoms with E-state index in [0.29, 0.717) is 5.92 Å². The molecule has 0 saturated heterocycles.